The zero-order chi connectivity index (χ0) is 12.3. The van der Waals surface area contributed by atoms with Crippen LogP contribution in [-0.4, -0.2) is 27.4 Å². The van der Waals surface area contributed by atoms with E-state index in [-0.39, 0.29) is 0 Å². The minimum absolute atomic E-state index is 0.593. The average Bonchev–Trinajstić information content (AvgIpc) is 3.02. The zero-order valence-electron chi connectivity index (χ0n) is 11.2. The van der Waals surface area contributed by atoms with Gasteiger partial charge in [-0.2, -0.15) is 5.10 Å². The first-order valence-electron chi connectivity index (χ1n) is 6.80. The van der Waals surface area contributed by atoms with Crippen LogP contribution in [0.2, 0.25) is 0 Å². The van der Waals surface area contributed by atoms with E-state index >= 15 is 0 Å². The number of likely N-dealkylation sites (N-methyl/N-ethyl adjacent to an activating group) is 1. The topological polar surface area (TPSA) is 42.7 Å². The summed E-state index contributed by atoms with van der Waals surface area (Å²) in [5.41, 5.74) is 0. The lowest BCUT2D eigenvalue weighted by Crippen LogP contribution is -2.34. The number of nitrogens with zero attached hydrogens (tertiary/aromatic N) is 3. The number of hydrogen-bond acceptors (Lipinski definition) is 3. The molecule has 1 aliphatic rings. The molecule has 1 atom stereocenters. The van der Waals surface area contributed by atoms with Crippen LogP contribution in [-0.2, 0) is 13.0 Å². The number of nitrogens with one attached hydrogen (secondary N) is 1. The minimum atomic E-state index is 0.593. The highest BCUT2D eigenvalue weighted by Crippen LogP contribution is 2.33. The Kier molecular flexibility index (Phi) is 4.15. The van der Waals surface area contributed by atoms with Crippen LogP contribution in [0, 0.1) is 11.8 Å². The second-order valence-electron chi connectivity index (χ2n) is 5.46. The first-order chi connectivity index (χ1) is 8.20. The molecule has 1 aliphatic carbocycles. The second kappa shape index (κ2) is 5.63. The summed E-state index contributed by atoms with van der Waals surface area (Å²) in [5.74, 6) is 2.62. The van der Waals surface area contributed by atoms with E-state index in [0.29, 0.717) is 12.0 Å². The van der Waals surface area contributed by atoms with E-state index in [9.17, 15) is 0 Å². The van der Waals surface area contributed by atoms with Gasteiger partial charge in [0.25, 0.3) is 0 Å². The Balaban J connectivity index is 1.98. The first kappa shape index (κ1) is 12.6. The second-order valence-corrected chi connectivity index (χ2v) is 5.46. The van der Waals surface area contributed by atoms with Crippen molar-refractivity contribution in [2.24, 2.45) is 11.8 Å². The molecule has 1 aromatic rings. The molecule has 1 heterocycles. The van der Waals surface area contributed by atoms with Crippen molar-refractivity contribution < 1.29 is 0 Å². The summed E-state index contributed by atoms with van der Waals surface area (Å²) in [5, 5.41) is 7.91. The van der Waals surface area contributed by atoms with E-state index in [0.717, 1.165) is 31.3 Å². The van der Waals surface area contributed by atoms with Crippen molar-refractivity contribution in [3.63, 3.8) is 0 Å². The van der Waals surface area contributed by atoms with Gasteiger partial charge < -0.3 is 5.32 Å². The summed E-state index contributed by atoms with van der Waals surface area (Å²) in [6.45, 7) is 8.62. The molecule has 0 bridgehead atoms. The smallest absolute Gasteiger partial charge is 0.138 e. The van der Waals surface area contributed by atoms with Crippen molar-refractivity contribution in [1.82, 2.24) is 20.1 Å². The molecular weight excluding hydrogens is 212 g/mol. The Morgan fingerprint density at radius 3 is 2.82 bits per heavy atom. The highest BCUT2D eigenvalue weighted by atomic mass is 15.3. The van der Waals surface area contributed by atoms with Crippen LogP contribution in [0.5, 0.6) is 0 Å². The summed E-state index contributed by atoms with van der Waals surface area (Å²) < 4.78 is 2.07. The van der Waals surface area contributed by atoms with Gasteiger partial charge in [-0.25, -0.2) is 9.67 Å². The van der Waals surface area contributed by atoms with E-state index in [1.54, 1.807) is 6.33 Å². The van der Waals surface area contributed by atoms with Gasteiger partial charge in [-0.3, -0.25) is 0 Å². The third-order valence-corrected chi connectivity index (χ3v) is 3.29. The Morgan fingerprint density at radius 1 is 1.47 bits per heavy atom. The maximum absolute atomic E-state index is 4.41. The molecule has 0 aliphatic heterocycles. The molecule has 17 heavy (non-hydrogen) atoms. The van der Waals surface area contributed by atoms with Gasteiger partial charge in [-0.1, -0.05) is 20.8 Å². The summed E-state index contributed by atoms with van der Waals surface area (Å²) in [7, 11) is 0. The lowest BCUT2D eigenvalue weighted by Gasteiger charge is -2.17. The van der Waals surface area contributed by atoms with Gasteiger partial charge in [0.1, 0.15) is 12.2 Å². The Bertz CT molecular complexity index is 341. The van der Waals surface area contributed by atoms with Crippen LogP contribution in [0.15, 0.2) is 6.33 Å². The predicted octanol–water partition coefficient (Wildman–Crippen LogP) is 1.86. The van der Waals surface area contributed by atoms with Gasteiger partial charge in [0.2, 0.25) is 0 Å². The standard InChI is InChI=1S/C13H24N4/c1-4-14-12(11-5-6-11)7-13-15-9-16-17(13)8-10(2)3/h9-12,14H,4-8H2,1-3H3. The fraction of sp³-hybridized carbons (Fsp3) is 0.846. The fourth-order valence-electron chi connectivity index (χ4n) is 2.31. The van der Waals surface area contributed by atoms with Gasteiger partial charge in [0.15, 0.2) is 0 Å². The molecule has 1 fully saturated rings. The quantitative estimate of drug-likeness (QED) is 0.786. The predicted molar refractivity (Wildman–Crippen MR) is 68.8 cm³/mol. The van der Waals surface area contributed by atoms with Crippen LogP contribution in [0.25, 0.3) is 0 Å². The Morgan fingerprint density at radius 2 is 2.24 bits per heavy atom. The van der Waals surface area contributed by atoms with Crippen LogP contribution < -0.4 is 5.32 Å². The van der Waals surface area contributed by atoms with Crippen molar-refractivity contribution in [2.75, 3.05) is 6.54 Å². The van der Waals surface area contributed by atoms with E-state index in [4.69, 9.17) is 0 Å². The number of hydrogen-bond donors (Lipinski definition) is 1. The monoisotopic (exact) mass is 236 g/mol. The molecule has 96 valence electrons. The average molecular weight is 236 g/mol. The summed E-state index contributed by atoms with van der Waals surface area (Å²) in [6, 6.07) is 0.593. The van der Waals surface area contributed by atoms with Gasteiger partial charge in [-0.05, 0) is 31.2 Å². The van der Waals surface area contributed by atoms with Crippen LogP contribution in [0.3, 0.4) is 0 Å². The third kappa shape index (κ3) is 3.53. The molecule has 1 unspecified atom stereocenters. The van der Waals surface area contributed by atoms with Gasteiger partial charge in [-0.15, -0.1) is 0 Å². The maximum Gasteiger partial charge on any atom is 0.138 e. The Hall–Kier alpha value is -0.900. The van der Waals surface area contributed by atoms with Crippen molar-refractivity contribution in [3.8, 4) is 0 Å². The third-order valence-electron chi connectivity index (χ3n) is 3.29. The van der Waals surface area contributed by atoms with E-state index in [2.05, 4.69) is 40.9 Å². The van der Waals surface area contributed by atoms with Crippen molar-refractivity contribution in [3.05, 3.63) is 12.2 Å². The summed E-state index contributed by atoms with van der Waals surface area (Å²) >= 11 is 0. The normalized spacial score (nSPS) is 17.6. The molecular formula is C13H24N4. The summed E-state index contributed by atoms with van der Waals surface area (Å²) in [6.07, 6.45) is 5.45. The molecule has 0 saturated heterocycles. The molecule has 0 spiro atoms. The molecule has 4 nitrogen and oxygen atoms in total. The molecule has 1 aromatic heterocycles. The van der Waals surface area contributed by atoms with E-state index in [1.165, 1.54) is 12.8 Å². The number of aromatic nitrogens is 3. The lowest BCUT2D eigenvalue weighted by atomic mass is 10.1. The molecule has 1 saturated carbocycles. The summed E-state index contributed by atoms with van der Waals surface area (Å²) in [4.78, 5) is 4.41. The molecule has 0 radical (unpaired) electrons. The van der Waals surface area contributed by atoms with Crippen LogP contribution in [0.1, 0.15) is 39.4 Å². The Labute approximate surface area is 104 Å². The maximum atomic E-state index is 4.41. The molecule has 0 amide bonds. The number of rotatable bonds is 7. The van der Waals surface area contributed by atoms with Crippen LogP contribution in [0.4, 0.5) is 0 Å². The lowest BCUT2D eigenvalue weighted by molar-refractivity contribution is 0.423. The van der Waals surface area contributed by atoms with Crippen LogP contribution >= 0.6 is 0 Å². The molecule has 4 heteroatoms. The van der Waals surface area contributed by atoms with E-state index < -0.39 is 0 Å². The van der Waals surface area contributed by atoms with Crippen molar-refractivity contribution >= 4 is 0 Å². The molecule has 0 aromatic carbocycles. The van der Waals surface area contributed by atoms with Crippen molar-refractivity contribution in [1.29, 1.82) is 0 Å². The first-order valence-corrected chi connectivity index (χ1v) is 6.80. The highest BCUT2D eigenvalue weighted by Gasteiger charge is 2.31. The van der Waals surface area contributed by atoms with Gasteiger partial charge >= 0.3 is 0 Å². The fourth-order valence-corrected chi connectivity index (χ4v) is 2.31. The van der Waals surface area contributed by atoms with Crippen molar-refractivity contribution in [2.45, 2.75) is 52.6 Å². The molecule has 2 rings (SSSR count). The SMILES string of the molecule is CCNC(Cc1ncnn1CC(C)C)C1CC1. The highest BCUT2D eigenvalue weighted by molar-refractivity contribution is 4.96. The largest absolute Gasteiger partial charge is 0.314 e. The van der Waals surface area contributed by atoms with Gasteiger partial charge in [0, 0.05) is 19.0 Å². The minimum Gasteiger partial charge on any atom is -0.314 e. The molecule has 1 N–H and O–H groups in total. The van der Waals surface area contributed by atoms with E-state index in [1.807, 2.05) is 0 Å². The zero-order valence-corrected chi connectivity index (χ0v) is 11.2. The van der Waals surface area contributed by atoms with Gasteiger partial charge in [0.05, 0.1) is 0 Å².